The molecule has 1 rings (SSSR count). The second-order valence-corrected chi connectivity index (χ2v) is 5.48. The molecule has 0 aliphatic carbocycles. The molecule has 0 spiro atoms. The van der Waals surface area contributed by atoms with Crippen molar-refractivity contribution in [1.82, 2.24) is 5.32 Å². The number of para-hydroxylation sites is 1. The lowest BCUT2D eigenvalue weighted by Crippen LogP contribution is -2.38. The summed E-state index contributed by atoms with van der Waals surface area (Å²) in [6, 6.07) is 4.85. The van der Waals surface area contributed by atoms with Crippen molar-refractivity contribution < 1.29 is 15.3 Å². The number of phenols is 2. The van der Waals surface area contributed by atoms with Crippen LogP contribution in [0.15, 0.2) is 18.2 Å². The highest BCUT2D eigenvalue weighted by atomic mass is 16.3. The molecule has 1 atom stereocenters. The lowest BCUT2D eigenvalue weighted by molar-refractivity contribution is 0.0383. The topological polar surface area (TPSA) is 72.7 Å². The Kier molecular flexibility index (Phi) is 4.99. The summed E-state index contributed by atoms with van der Waals surface area (Å²) in [4.78, 5) is 0. The maximum Gasteiger partial charge on any atom is 0.161 e. The Morgan fingerprint density at radius 3 is 2.56 bits per heavy atom. The molecule has 1 aromatic rings. The summed E-state index contributed by atoms with van der Waals surface area (Å²) < 4.78 is 0. The molecule has 18 heavy (non-hydrogen) atoms. The van der Waals surface area contributed by atoms with Crippen molar-refractivity contribution in [2.45, 2.75) is 39.3 Å². The summed E-state index contributed by atoms with van der Waals surface area (Å²) in [5, 5.41) is 32.2. The second kappa shape index (κ2) is 6.07. The maximum absolute atomic E-state index is 10.1. The predicted octanol–water partition coefficient (Wildman–Crippen LogP) is 1.98. The molecule has 0 amide bonds. The van der Waals surface area contributed by atoms with E-state index in [1.807, 2.05) is 0 Å². The first-order valence-electron chi connectivity index (χ1n) is 6.25. The molecular weight excluding hydrogens is 230 g/mol. The normalized spacial score (nSPS) is 14.7. The largest absolute Gasteiger partial charge is 0.504 e. The van der Waals surface area contributed by atoms with Gasteiger partial charge in [0.05, 0.1) is 5.60 Å². The lowest BCUT2D eigenvalue weighted by atomic mass is 9.94. The van der Waals surface area contributed by atoms with Gasteiger partial charge in [0.2, 0.25) is 0 Å². The SMILES string of the molecule is CC(C)CC(C)(O)CNCc1cccc(O)c1O. The highest BCUT2D eigenvalue weighted by Crippen LogP contribution is 2.28. The molecule has 0 fully saturated rings. The molecule has 0 radical (unpaired) electrons. The van der Waals surface area contributed by atoms with Gasteiger partial charge in [0.25, 0.3) is 0 Å². The number of nitrogens with one attached hydrogen (secondary N) is 1. The van der Waals surface area contributed by atoms with Crippen LogP contribution in [0.2, 0.25) is 0 Å². The molecule has 0 saturated carbocycles. The predicted molar refractivity (Wildman–Crippen MR) is 71.6 cm³/mol. The van der Waals surface area contributed by atoms with E-state index in [9.17, 15) is 15.3 Å². The van der Waals surface area contributed by atoms with Gasteiger partial charge in [-0.1, -0.05) is 26.0 Å². The van der Waals surface area contributed by atoms with E-state index in [1.54, 1.807) is 19.1 Å². The standard InChI is InChI=1S/C14H23NO3/c1-10(2)7-14(3,18)9-15-8-11-5-4-6-12(16)13(11)17/h4-6,10,15-18H,7-9H2,1-3H3. The lowest BCUT2D eigenvalue weighted by Gasteiger charge is -2.25. The van der Waals surface area contributed by atoms with E-state index in [2.05, 4.69) is 19.2 Å². The molecule has 4 nitrogen and oxygen atoms in total. The second-order valence-electron chi connectivity index (χ2n) is 5.48. The van der Waals surface area contributed by atoms with E-state index in [-0.39, 0.29) is 11.5 Å². The number of hydrogen-bond acceptors (Lipinski definition) is 4. The Labute approximate surface area is 108 Å². The fraction of sp³-hybridized carbons (Fsp3) is 0.571. The van der Waals surface area contributed by atoms with E-state index in [0.717, 1.165) is 0 Å². The van der Waals surface area contributed by atoms with E-state index in [4.69, 9.17) is 0 Å². The Hall–Kier alpha value is -1.26. The van der Waals surface area contributed by atoms with Crippen LogP contribution in [0.4, 0.5) is 0 Å². The van der Waals surface area contributed by atoms with E-state index < -0.39 is 5.60 Å². The van der Waals surface area contributed by atoms with Gasteiger partial charge >= 0.3 is 0 Å². The first-order valence-corrected chi connectivity index (χ1v) is 6.25. The first kappa shape index (κ1) is 14.8. The van der Waals surface area contributed by atoms with Crippen LogP contribution in [0.3, 0.4) is 0 Å². The third-order valence-electron chi connectivity index (χ3n) is 2.77. The zero-order valence-corrected chi connectivity index (χ0v) is 11.3. The van der Waals surface area contributed by atoms with Gasteiger partial charge in [-0.2, -0.15) is 0 Å². The van der Waals surface area contributed by atoms with Crippen LogP contribution in [0.1, 0.15) is 32.8 Å². The molecule has 1 aromatic carbocycles. The van der Waals surface area contributed by atoms with Crippen LogP contribution >= 0.6 is 0 Å². The van der Waals surface area contributed by atoms with Gasteiger partial charge in [-0.3, -0.25) is 0 Å². The number of phenolic OH excluding ortho intramolecular Hbond substituents is 2. The molecule has 4 N–H and O–H groups in total. The van der Waals surface area contributed by atoms with Crippen LogP contribution in [-0.2, 0) is 6.54 Å². The van der Waals surface area contributed by atoms with Crippen LogP contribution in [0.5, 0.6) is 11.5 Å². The molecule has 0 heterocycles. The van der Waals surface area contributed by atoms with Crippen molar-refractivity contribution in [1.29, 1.82) is 0 Å². The summed E-state index contributed by atoms with van der Waals surface area (Å²) in [5.74, 6) is 0.202. The number of aromatic hydroxyl groups is 2. The van der Waals surface area contributed by atoms with Gasteiger partial charge in [0.1, 0.15) is 0 Å². The van der Waals surface area contributed by atoms with Crippen molar-refractivity contribution in [3.05, 3.63) is 23.8 Å². The maximum atomic E-state index is 10.1. The van der Waals surface area contributed by atoms with Crippen molar-refractivity contribution in [3.8, 4) is 11.5 Å². The van der Waals surface area contributed by atoms with E-state index in [0.29, 0.717) is 31.0 Å². The zero-order chi connectivity index (χ0) is 13.8. The Morgan fingerprint density at radius 1 is 1.28 bits per heavy atom. The molecular formula is C14H23NO3. The van der Waals surface area contributed by atoms with E-state index >= 15 is 0 Å². The Morgan fingerprint density at radius 2 is 1.94 bits per heavy atom. The Bertz CT molecular complexity index is 389. The van der Waals surface area contributed by atoms with Crippen molar-refractivity contribution >= 4 is 0 Å². The Balaban J connectivity index is 2.49. The number of hydrogen-bond donors (Lipinski definition) is 4. The average molecular weight is 253 g/mol. The molecule has 1 unspecified atom stereocenters. The summed E-state index contributed by atoms with van der Waals surface area (Å²) in [7, 11) is 0. The quantitative estimate of drug-likeness (QED) is 0.585. The smallest absolute Gasteiger partial charge is 0.161 e. The van der Waals surface area contributed by atoms with Gasteiger partial charge in [-0.25, -0.2) is 0 Å². The van der Waals surface area contributed by atoms with Crippen LogP contribution in [-0.4, -0.2) is 27.5 Å². The van der Waals surface area contributed by atoms with Gasteiger partial charge in [0.15, 0.2) is 11.5 Å². The molecule has 0 saturated heterocycles. The van der Waals surface area contributed by atoms with Crippen molar-refractivity contribution in [2.75, 3.05) is 6.54 Å². The third-order valence-corrected chi connectivity index (χ3v) is 2.77. The monoisotopic (exact) mass is 253 g/mol. The third kappa shape index (κ3) is 4.55. The molecule has 0 aliphatic heterocycles. The fourth-order valence-electron chi connectivity index (χ4n) is 2.14. The molecule has 4 heteroatoms. The summed E-state index contributed by atoms with van der Waals surface area (Å²) in [6.07, 6.45) is 0.714. The zero-order valence-electron chi connectivity index (χ0n) is 11.3. The van der Waals surface area contributed by atoms with Crippen LogP contribution < -0.4 is 5.32 Å². The minimum absolute atomic E-state index is 0.103. The van der Waals surface area contributed by atoms with Gasteiger partial charge in [0, 0.05) is 18.7 Å². The van der Waals surface area contributed by atoms with E-state index in [1.165, 1.54) is 6.07 Å². The van der Waals surface area contributed by atoms with Crippen molar-refractivity contribution in [2.24, 2.45) is 5.92 Å². The minimum Gasteiger partial charge on any atom is -0.504 e. The van der Waals surface area contributed by atoms with Crippen LogP contribution in [0.25, 0.3) is 0 Å². The van der Waals surface area contributed by atoms with Crippen LogP contribution in [0, 0.1) is 5.92 Å². The average Bonchev–Trinajstić information content (AvgIpc) is 2.22. The number of benzene rings is 1. The molecule has 0 aliphatic rings. The number of aliphatic hydroxyl groups is 1. The highest BCUT2D eigenvalue weighted by molar-refractivity contribution is 5.44. The minimum atomic E-state index is -0.763. The summed E-state index contributed by atoms with van der Waals surface area (Å²) >= 11 is 0. The number of rotatable bonds is 6. The van der Waals surface area contributed by atoms with Gasteiger partial charge < -0.3 is 20.6 Å². The summed E-state index contributed by atoms with van der Waals surface area (Å²) in [5.41, 5.74) is -0.143. The van der Waals surface area contributed by atoms with Crippen molar-refractivity contribution in [3.63, 3.8) is 0 Å². The molecule has 102 valence electrons. The van der Waals surface area contributed by atoms with Gasteiger partial charge in [-0.05, 0) is 25.3 Å². The van der Waals surface area contributed by atoms with Gasteiger partial charge in [-0.15, -0.1) is 0 Å². The first-order chi connectivity index (χ1) is 8.32. The fourth-order valence-corrected chi connectivity index (χ4v) is 2.14. The molecule has 0 bridgehead atoms. The summed E-state index contributed by atoms with van der Waals surface area (Å²) in [6.45, 7) is 6.78. The molecule has 0 aromatic heterocycles. The highest BCUT2D eigenvalue weighted by Gasteiger charge is 2.21.